The Morgan fingerprint density at radius 3 is 2.29 bits per heavy atom. The highest BCUT2D eigenvalue weighted by Crippen LogP contribution is 2.31. The highest BCUT2D eigenvalue weighted by atomic mass is 16.5. The lowest BCUT2D eigenvalue weighted by atomic mass is 9.98. The summed E-state index contributed by atoms with van der Waals surface area (Å²) in [6.45, 7) is 2.78. The highest BCUT2D eigenvalue weighted by molar-refractivity contribution is 5.94. The highest BCUT2D eigenvalue weighted by Gasteiger charge is 2.10. The van der Waals surface area contributed by atoms with E-state index in [1.807, 2.05) is 42.5 Å². The molecule has 140 valence electrons. The molecular weight excluding hydrogens is 348 g/mol. The third-order valence-corrected chi connectivity index (χ3v) is 4.79. The fraction of sp³-hybridized carbons (Fsp3) is 0.160. The first-order valence-electron chi connectivity index (χ1n) is 9.61. The van der Waals surface area contributed by atoms with Crippen molar-refractivity contribution in [1.82, 2.24) is 0 Å². The fourth-order valence-corrected chi connectivity index (χ4v) is 3.28. The van der Waals surface area contributed by atoms with E-state index < -0.39 is 0 Å². The van der Waals surface area contributed by atoms with E-state index in [2.05, 4.69) is 31.2 Å². The smallest absolute Gasteiger partial charge is 0.336 e. The second kappa shape index (κ2) is 8.13. The Labute approximate surface area is 164 Å². The van der Waals surface area contributed by atoms with Crippen molar-refractivity contribution in [3.63, 3.8) is 0 Å². The van der Waals surface area contributed by atoms with Gasteiger partial charge in [-0.3, -0.25) is 0 Å². The predicted molar refractivity (Wildman–Crippen MR) is 114 cm³/mol. The second-order valence-corrected chi connectivity index (χ2v) is 6.78. The van der Waals surface area contributed by atoms with Crippen LogP contribution in [0.5, 0.6) is 5.75 Å². The van der Waals surface area contributed by atoms with Gasteiger partial charge >= 0.3 is 5.63 Å². The van der Waals surface area contributed by atoms with Gasteiger partial charge in [0.15, 0.2) is 0 Å². The molecule has 0 saturated carbocycles. The number of ether oxygens (including phenoxy) is 1. The molecule has 0 radical (unpaired) electrons. The molecule has 0 spiro atoms. The molecule has 0 aliphatic rings. The summed E-state index contributed by atoms with van der Waals surface area (Å²) in [7, 11) is 0. The Hall–Kier alpha value is -3.33. The Morgan fingerprint density at radius 2 is 1.54 bits per heavy atom. The van der Waals surface area contributed by atoms with Crippen molar-refractivity contribution >= 4 is 11.0 Å². The van der Waals surface area contributed by atoms with Crippen LogP contribution in [0.2, 0.25) is 0 Å². The van der Waals surface area contributed by atoms with E-state index in [0.29, 0.717) is 12.2 Å². The summed E-state index contributed by atoms with van der Waals surface area (Å²) in [6, 6.07) is 25.7. The average Bonchev–Trinajstić information content (AvgIpc) is 2.74. The van der Waals surface area contributed by atoms with Gasteiger partial charge in [0.05, 0.1) is 6.61 Å². The van der Waals surface area contributed by atoms with Gasteiger partial charge in [0.1, 0.15) is 11.3 Å². The van der Waals surface area contributed by atoms with E-state index in [0.717, 1.165) is 40.7 Å². The average molecular weight is 370 g/mol. The summed E-state index contributed by atoms with van der Waals surface area (Å²) < 4.78 is 11.2. The van der Waals surface area contributed by atoms with Crippen molar-refractivity contribution in [2.24, 2.45) is 0 Å². The number of unbranched alkanes of at least 4 members (excludes halogenated alkanes) is 1. The van der Waals surface area contributed by atoms with Gasteiger partial charge in [0.2, 0.25) is 0 Å². The zero-order chi connectivity index (χ0) is 19.3. The minimum atomic E-state index is -0.361. The summed E-state index contributed by atoms with van der Waals surface area (Å²) in [5.74, 6) is 0.723. The molecule has 3 nitrogen and oxygen atoms in total. The molecule has 0 saturated heterocycles. The molecule has 0 bridgehead atoms. The van der Waals surface area contributed by atoms with Crippen molar-refractivity contribution in [2.75, 3.05) is 6.61 Å². The van der Waals surface area contributed by atoms with E-state index >= 15 is 0 Å². The molecule has 1 heterocycles. The monoisotopic (exact) mass is 370 g/mol. The van der Waals surface area contributed by atoms with E-state index in [4.69, 9.17) is 9.15 Å². The first-order valence-corrected chi connectivity index (χ1v) is 9.61. The minimum absolute atomic E-state index is 0.361. The molecule has 28 heavy (non-hydrogen) atoms. The van der Waals surface area contributed by atoms with Crippen molar-refractivity contribution in [1.29, 1.82) is 0 Å². The van der Waals surface area contributed by atoms with Gasteiger partial charge < -0.3 is 9.15 Å². The molecular formula is C25H22O3. The molecule has 3 aromatic carbocycles. The summed E-state index contributed by atoms with van der Waals surface area (Å²) >= 11 is 0. The maximum atomic E-state index is 12.1. The summed E-state index contributed by atoms with van der Waals surface area (Å²) in [4.78, 5) is 12.1. The third-order valence-electron chi connectivity index (χ3n) is 4.79. The van der Waals surface area contributed by atoms with Gasteiger partial charge in [-0.1, -0.05) is 67.9 Å². The van der Waals surface area contributed by atoms with Crippen molar-refractivity contribution < 1.29 is 9.15 Å². The molecule has 0 unspecified atom stereocenters. The molecule has 0 fully saturated rings. The molecule has 0 N–H and O–H groups in total. The van der Waals surface area contributed by atoms with Gasteiger partial charge in [0.25, 0.3) is 0 Å². The van der Waals surface area contributed by atoms with E-state index in [-0.39, 0.29) is 5.63 Å². The van der Waals surface area contributed by atoms with E-state index in [9.17, 15) is 4.79 Å². The lowest BCUT2D eigenvalue weighted by molar-refractivity contribution is 0.309. The number of benzene rings is 3. The molecule has 4 rings (SSSR count). The van der Waals surface area contributed by atoms with E-state index in [1.165, 1.54) is 5.56 Å². The normalized spacial score (nSPS) is 10.9. The number of fused-ring (bicyclic) bond motifs is 1. The molecule has 0 amide bonds. The van der Waals surface area contributed by atoms with Crippen LogP contribution in [0, 0.1) is 0 Å². The van der Waals surface area contributed by atoms with Crippen molar-refractivity contribution in [3.05, 3.63) is 89.3 Å². The predicted octanol–water partition coefficient (Wildman–Crippen LogP) is 6.31. The zero-order valence-electron chi connectivity index (χ0n) is 15.9. The van der Waals surface area contributed by atoms with E-state index in [1.54, 1.807) is 12.1 Å². The first kappa shape index (κ1) is 18.1. The summed E-state index contributed by atoms with van der Waals surface area (Å²) in [5.41, 5.74) is 4.34. The van der Waals surface area contributed by atoms with Crippen LogP contribution in [0.25, 0.3) is 33.2 Å². The van der Waals surface area contributed by atoms with Crippen LogP contribution in [0.1, 0.15) is 19.8 Å². The quantitative estimate of drug-likeness (QED) is 0.295. The fourth-order valence-electron chi connectivity index (χ4n) is 3.28. The first-order chi connectivity index (χ1) is 13.7. The van der Waals surface area contributed by atoms with Gasteiger partial charge in [-0.15, -0.1) is 0 Å². The molecule has 4 aromatic rings. The summed E-state index contributed by atoms with van der Waals surface area (Å²) in [5, 5.41) is 0.898. The van der Waals surface area contributed by atoms with Crippen LogP contribution in [-0.4, -0.2) is 6.61 Å². The largest absolute Gasteiger partial charge is 0.493 e. The van der Waals surface area contributed by atoms with Gasteiger partial charge in [-0.2, -0.15) is 0 Å². The standard InChI is InChI=1S/C25H22O3/c1-2-3-15-27-21-13-14-22-23(17-25(26)28-24(22)16-21)20-11-9-19(10-12-20)18-7-5-4-6-8-18/h4-14,16-17H,2-3,15H2,1H3. The van der Waals surface area contributed by atoms with Crippen molar-refractivity contribution in [3.8, 4) is 28.0 Å². The van der Waals surface area contributed by atoms with Crippen LogP contribution in [0.15, 0.2) is 88.1 Å². The minimum Gasteiger partial charge on any atom is -0.493 e. The molecule has 0 aliphatic carbocycles. The van der Waals surface area contributed by atoms with Crippen LogP contribution >= 0.6 is 0 Å². The summed E-state index contributed by atoms with van der Waals surface area (Å²) in [6.07, 6.45) is 2.07. The molecule has 0 aliphatic heterocycles. The number of hydrogen-bond donors (Lipinski definition) is 0. The number of hydrogen-bond acceptors (Lipinski definition) is 3. The van der Waals surface area contributed by atoms with Crippen LogP contribution in [0.4, 0.5) is 0 Å². The van der Waals surface area contributed by atoms with Crippen LogP contribution in [0.3, 0.4) is 0 Å². The maximum Gasteiger partial charge on any atom is 0.336 e. The SMILES string of the molecule is CCCCOc1ccc2c(-c3ccc(-c4ccccc4)cc3)cc(=O)oc2c1. The topological polar surface area (TPSA) is 39.4 Å². The molecule has 3 heteroatoms. The Balaban J connectivity index is 1.71. The van der Waals surface area contributed by atoms with Gasteiger partial charge in [-0.05, 0) is 40.8 Å². The lowest BCUT2D eigenvalue weighted by Gasteiger charge is -2.09. The van der Waals surface area contributed by atoms with Gasteiger partial charge in [0, 0.05) is 17.5 Å². The van der Waals surface area contributed by atoms with Crippen LogP contribution < -0.4 is 10.4 Å². The molecule has 0 atom stereocenters. The van der Waals surface area contributed by atoms with Gasteiger partial charge in [-0.25, -0.2) is 4.79 Å². The lowest BCUT2D eigenvalue weighted by Crippen LogP contribution is -2.00. The zero-order valence-corrected chi connectivity index (χ0v) is 15.9. The third kappa shape index (κ3) is 3.84. The Bertz CT molecular complexity index is 1130. The van der Waals surface area contributed by atoms with Crippen LogP contribution in [-0.2, 0) is 0 Å². The Kier molecular flexibility index (Phi) is 5.24. The molecule has 1 aromatic heterocycles. The Morgan fingerprint density at radius 1 is 0.821 bits per heavy atom. The number of rotatable bonds is 6. The maximum absolute atomic E-state index is 12.1. The van der Waals surface area contributed by atoms with Crippen molar-refractivity contribution in [2.45, 2.75) is 19.8 Å². The second-order valence-electron chi connectivity index (χ2n) is 6.78.